The maximum atomic E-state index is 6.56. The third-order valence-electron chi connectivity index (χ3n) is 3.41. The van der Waals surface area contributed by atoms with Gasteiger partial charge in [0.2, 0.25) is 0 Å². The van der Waals surface area contributed by atoms with Crippen LogP contribution in [0.25, 0.3) is 22.2 Å². The largest absolute Gasteiger partial charge is 0.496 e. The summed E-state index contributed by atoms with van der Waals surface area (Å²) in [6.07, 6.45) is 4.60. The molecule has 0 fully saturated rings. The molecule has 107 valence electrons. The molecule has 2 heterocycles. The monoisotopic (exact) mass is 301 g/mol. The zero-order valence-corrected chi connectivity index (χ0v) is 12.7. The predicted octanol–water partition coefficient (Wildman–Crippen LogP) is 4.48. The molecular formula is C16H14ClN2O2. The summed E-state index contributed by atoms with van der Waals surface area (Å²) < 4.78 is 10.5. The molecule has 2 aromatic heterocycles. The van der Waals surface area contributed by atoms with E-state index in [1.54, 1.807) is 13.4 Å². The van der Waals surface area contributed by atoms with Crippen molar-refractivity contribution in [3.05, 3.63) is 41.2 Å². The van der Waals surface area contributed by atoms with Crippen LogP contribution < -0.4 is 4.74 Å². The number of nitrogens with zero attached hydrogens (tertiary/aromatic N) is 2. The fraction of sp³-hybridized carbons (Fsp3) is 0.250. The van der Waals surface area contributed by atoms with Gasteiger partial charge in [-0.05, 0) is 18.1 Å². The van der Waals surface area contributed by atoms with Gasteiger partial charge in [0.25, 0.3) is 0 Å². The van der Waals surface area contributed by atoms with Crippen LogP contribution in [0.2, 0.25) is 5.02 Å². The van der Waals surface area contributed by atoms with E-state index in [9.17, 15) is 0 Å². The maximum absolute atomic E-state index is 6.56. The average Bonchev–Trinajstić information content (AvgIpc) is 2.96. The van der Waals surface area contributed by atoms with E-state index in [1.807, 2.05) is 18.2 Å². The zero-order chi connectivity index (χ0) is 15.0. The van der Waals surface area contributed by atoms with Crippen molar-refractivity contribution in [2.24, 2.45) is 0 Å². The summed E-state index contributed by atoms with van der Waals surface area (Å²) in [6.45, 7) is 4.14. The third-order valence-corrected chi connectivity index (χ3v) is 3.79. The number of rotatable bonds is 3. The van der Waals surface area contributed by atoms with E-state index in [-0.39, 0.29) is 5.92 Å². The van der Waals surface area contributed by atoms with Crippen molar-refractivity contribution < 1.29 is 9.26 Å². The van der Waals surface area contributed by atoms with Crippen LogP contribution in [0.3, 0.4) is 0 Å². The molecule has 3 aromatic rings. The molecule has 0 aliphatic rings. The summed E-state index contributed by atoms with van der Waals surface area (Å²) in [5.41, 5.74) is 3.02. The molecule has 21 heavy (non-hydrogen) atoms. The van der Waals surface area contributed by atoms with E-state index in [0.717, 1.165) is 16.5 Å². The number of fused-ring (bicyclic) bond motifs is 1. The van der Waals surface area contributed by atoms with Gasteiger partial charge in [0.15, 0.2) is 0 Å². The Morgan fingerprint density at radius 1 is 1.33 bits per heavy atom. The van der Waals surface area contributed by atoms with Gasteiger partial charge in [0, 0.05) is 5.56 Å². The second-order valence-electron chi connectivity index (χ2n) is 5.04. The van der Waals surface area contributed by atoms with E-state index < -0.39 is 0 Å². The molecule has 0 amide bonds. The number of methoxy groups -OCH3 is 1. The van der Waals surface area contributed by atoms with Gasteiger partial charge >= 0.3 is 0 Å². The lowest BCUT2D eigenvalue weighted by atomic mass is 10.00. The minimum absolute atomic E-state index is 0.268. The minimum Gasteiger partial charge on any atom is -0.496 e. The minimum atomic E-state index is 0.268. The molecule has 4 nitrogen and oxygen atoms in total. The lowest BCUT2D eigenvalue weighted by molar-refractivity contribution is 0.419. The first-order valence-corrected chi connectivity index (χ1v) is 6.99. The van der Waals surface area contributed by atoms with E-state index in [4.69, 9.17) is 20.9 Å². The molecule has 0 atom stereocenters. The van der Waals surface area contributed by atoms with Gasteiger partial charge in [0.1, 0.15) is 23.9 Å². The zero-order valence-electron chi connectivity index (χ0n) is 12.0. The fourth-order valence-electron chi connectivity index (χ4n) is 2.29. The van der Waals surface area contributed by atoms with Crippen molar-refractivity contribution >= 4 is 22.5 Å². The maximum Gasteiger partial charge on any atom is 0.129 e. The summed E-state index contributed by atoms with van der Waals surface area (Å²) >= 11 is 6.56. The third kappa shape index (κ3) is 2.25. The van der Waals surface area contributed by atoms with Gasteiger partial charge in [-0.2, -0.15) is 0 Å². The summed E-state index contributed by atoms with van der Waals surface area (Å²) in [5, 5.41) is 5.34. The number of aromatic nitrogens is 2. The van der Waals surface area contributed by atoms with Crippen molar-refractivity contribution in [3.8, 4) is 17.0 Å². The summed E-state index contributed by atoms with van der Waals surface area (Å²) in [7, 11) is 1.61. The molecule has 0 spiro atoms. The summed E-state index contributed by atoms with van der Waals surface area (Å²) in [6, 6.07) is 5.59. The lowest BCUT2D eigenvalue weighted by Gasteiger charge is -2.10. The molecule has 1 aromatic carbocycles. The number of ether oxygens (including phenoxy) is 1. The van der Waals surface area contributed by atoms with Crippen LogP contribution in [0, 0.1) is 6.20 Å². The highest BCUT2D eigenvalue weighted by atomic mass is 35.5. The Kier molecular flexibility index (Phi) is 3.55. The SMILES string of the molecule is COc1cccc2n[c]c(-c3nocc3C(C)C)c(Cl)c12. The molecule has 0 saturated carbocycles. The Morgan fingerprint density at radius 2 is 2.14 bits per heavy atom. The smallest absolute Gasteiger partial charge is 0.129 e. The number of halogens is 1. The van der Waals surface area contributed by atoms with E-state index in [0.29, 0.717) is 22.0 Å². The highest BCUT2D eigenvalue weighted by Gasteiger charge is 2.19. The summed E-state index contributed by atoms with van der Waals surface area (Å²) in [5.74, 6) is 0.943. The van der Waals surface area contributed by atoms with Gasteiger partial charge in [-0.15, -0.1) is 0 Å². The van der Waals surface area contributed by atoms with Crippen molar-refractivity contribution in [2.45, 2.75) is 19.8 Å². The van der Waals surface area contributed by atoms with Crippen LogP contribution in [-0.4, -0.2) is 17.3 Å². The van der Waals surface area contributed by atoms with Crippen LogP contribution in [0.15, 0.2) is 29.0 Å². The number of hydrogen-bond donors (Lipinski definition) is 0. The predicted molar refractivity (Wildman–Crippen MR) is 81.7 cm³/mol. The van der Waals surface area contributed by atoms with Crippen molar-refractivity contribution in [2.75, 3.05) is 7.11 Å². The molecule has 0 aliphatic heterocycles. The quantitative estimate of drug-likeness (QED) is 0.716. The highest BCUT2D eigenvalue weighted by molar-refractivity contribution is 6.38. The van der Waals surface area contributed by atoms with E-state index >= 15 is 0 Å². The van der Waals surface area contributed by atoms with E-state index in [2.05, 4.69) is 30.2 Å². The van der Waals surface area contributed by atoms with Gasteiger partial charge in [0.05, 0.1) is 28.6 Å². The first-order valence-electron chi connectivity index (χ1n) is 6.62. The topological polar surface area (TPSA) is 48.2 Å². The normalized spacial score (nSPS) is 11.3. The first kappa shape index (κ1) is 13.9. The molecule has 0 aliphatic carbocycles. The molecule has 1 radical (unpaired) electrons. The number of pyridine rings is 1. The van der Waals surface area contributed by atoms with E-state index in [1.165, 1.54) is 0 Å². The van der Waals surface area contributed by atoms with Crippen LogP contribution in [0.1, 0.15) is 25.3 Å². The molecule has 3 rings (SSSR count). The van der Waals surface area contributed by atoms with Crippen LogP contribution >= 0.6 is 11.6 Å². The van der Waals surface area contributed by atoms with Crippen molar-refractivity contribution in [3.63, 3.8) is 0 Å². The highest BCUT2D eigenvalue weighted by Crippen LogP contribution is 2.39. The van der Waals surface area contributed by atoms with Gasteiger partial charge in [-0.3, -0.25) is 0 Å². The Balaban J connectivity index is 2.29. The molecule has 0 N–H and O–H groups in total. The molecule has 5 heteroatoms. The van der Waals surface area contributed by atoms with Crippen molar-refractivity contribution in [1.29, 1.82) is 0 Å². The average molecular weight is 302 g/mol. The standard InChI is InChI=1S/C16H14ClN2O2/c1-9(2)11-8-21-19-16(11)10-7-18-12-5-4-6-13(20-3)14(12)15(10)17/h4-6,8-9H,1-3H3. The Morgan fingerprint density at radius 3 is 2.86 bits per heavy atom. The summed E-state index contributed by atoms with van der Waals surface area (Å²) in [4.78, 5) is 4.34. The Labute approximate surface area is 127 Å². The Bertz CT molecular complexity index is 796. The van der Waals surface area contributed by atoms with Crippen LogP contribution in [0.4, 0.5) is 0 Å². The second kappa shape index (κ2) is 5.37. The Hall–Kier alpha value is -2.07. The van der Waals surface area contributed by atoms with Gasteiger partial charge in [-0.25, -0.2) is 4.98 Å². The van der Waals surface area contributed by atoms with Crippen LogP contribution in [-0.2, 0) is 0 Å². The van der Waals surface area contributed by atoms with Crippen LogP contribution in [0.5, 0.6) is 5.75 Å². The first-order chi connectivity index (χ1) is 10.1. The van der Waals surface area contributed by atoms with Gasteiger partial charge < -0.3 is 9.26 Å². The lowest BCUT2D eigenvalue weighted by Crippen LogP contribution is -1.94. The number of benzene rings is 1. The number of hydrogen-bond acceptors (Lipinski definition) is 4. The molecule has 0 bridgehead atoms. The van der Waals surface area contributed by atoms with Gasteiger partial charge in [-0.1, -0.05) is 36.7 Å². The second-order valence-corrected chi connectivity index (χ2v) is 5.42. The molecular weight excluding hydrogens is 288 g/mol. The fourth-order valence-corrected chi connectivity index (χ4v) is 2.62. The molecule has 0 unspecified atom stereocenters. The van der Waals surface area contributed by atoms with Crippen molar-refractivity contribution in [1.82, 2.24) is 10.1 Å². The molecule has 0 saturated heterocycles.